The first-order valence-corrected chi connectivity index (χ1v) is 3.73. The third-order valence-electron chi connectivity index (χ3n) is 1.79. The molecule has 1 atom stereocenters. The second-order valence-electron chi connectivity index (χ2n) is 2.56. The van der Waals surface area contributed by atoms with E-state index in [1.165, 1.54) is 0 Å². The van der Waals surface area contributed by atoms with E-state index in [-0.39, 0.29) is 11.9 Å². The van der Waals surface area contributed by atoms with Gasteiger partial charge in [0.05, 0.1) is 0 Å². The number of hydrogen-bond acceptors (Lipinski definition) is 2. The van der Waals surface area contributed by atoms with Crippen LogP contribution in [-0.4, -0.2) is 29.9 Å². The number of nitrogens with one attached hydrogen (secondary N) is 1. The zero-order valence-corrected chi connectivity index (χ0v) is 6.69. The molecule has 1 heterocycles. The van der Waals surface area contributed by atoms with Gasteiger partial charge in [-0.1, -0.05) is 0 Å². The van der Waals surface area contributed by atoms with Gasteiger partial charge in [0.1, 0.15) is 0 Å². The lowest BCUT2D eigenvalue weighted by atomic mass is 10.3. The van der Waals surface area contributed by atoms with Crippen LogP contribution in [0.5, 0.6) is 0 Å². The summed E-state index contributed by atoms with van der Waals surface area (Å²) >= 11 is 5.39. The average molecular weight is 163 g/mol. The van der Waals surface area contributed by atoms with E-state index in [0.717, 1.165) is 19.5 Å². The molecular formula is C6H11ClN2O. The van der Waals surface area contributed by atoms with E-state index in [9.17, 15) is 4.79 Å². The quantitative estimate of drug-likeness (QED) is 0.565. The number of nitrogens with zero attached hydrogens (tertiary/aromatic N) is 1. The lowest BCUT2D eigenvalue weighted by Crippen LogP contribution is -2.30. The molecule has 0 aromatic carbocycles. The van der Waals surface area contributed by atoms with Crippen molar-refractivity contribution in [1.82, 2.24) is 9.74 Å². The number of rotatable bonds is 1. The predicted molar refractivity (Wildman–Crippen MR) is 39.6 cm³/mol. The highest BCUT2D eigenvalue weighted by molar-refractivity contribution is 6.13. The largest absolute Gasteiger partial charge is 0.341 e. The van der Waals surface area contributed by atoms with Crippen LogP contribution < -0.4 is 4.84 Å². The van der Waals surface area contributed by atoms with Gasteiger partial charge < -0.3 is 4.90 Å². The topological polar surface area (TPSA) is 32.3 Å². The number of carbonyl (C=O) groups excluding carboxylic acids is 1. The van der Waals surface area contributed by atoms with Gasteiger partial charge in [-0.3, -0.25) is 4.79 Å². The normalized spacial score (nSPS) is 25.4. The van der Waals surface area contributed by atoms with Crippen LogP contribution in [-0.2, 0) is 4.79 Å². The maximum Gasteiger partial charge on any atom is 0.219 e. The maximum atomic E-state index is 10.8. The maximum absolute atomic E-state index is 10.8. The van der Waals surface area contributed by atoms with Crippen molar-refractivity contribution in [2.75, 3.05) is 13.1 Å². The van der Waals surface area contributed by atoms with Crippen LogP contribution in [0.25, 0.3) is 0 Å². The van der Waals surface area contributed by atoms with E-state index in [4.69, 9.17) is 11.8 Å². The molecule has 3 nitrogen and oxygen atoms in total. The summed E-state index contributed by atoms with van der Waals surface area (Å²) in [6.45, 7) is 3.16. The van der Waals surface area contributed by atoms with Crippen LogP contribution in [0.15, 0.2) is 0 Å². The van der Waals surface area contributed by atoms with Crippen molar-refractivity contribution in [2.45, 2.75) is 19.4 Å². The molecule has 4 heteroatoms. The predicted octanol–water partition coefficient (Wildman–Crippen LogP) is 0.351. The Morgan fingerprint density at radius 2 is 2.50 bits per heavy atom. The monoisotopic (exact) mass is 162 g/mol. The highest BCUT2D eigenvalue weighted by Gasteiger charge is 2.22. The molecule has 0 aliphatic carbocycles. The van der Waals surface area contributed by atoms with Crippen LogP contribution >= 0.6 is 11.8 Å². The Hall–Kier alpha value is -0.280. The van der Waals surface area contributed by atoms with E-state index < -0.39 is 0 Å². The molecule has 0 bridgehead atoms. The van der Waals surface area contributed by atoms with Crippen molar-refractivity contribution in [3.63, 3.8) is 0 Å². The minimum Gasteiger partial charge on any atom is -0.341 e. The first-order valence-electron chi connectivity index (χ1n) is 3.35. The molecule has 0 unspecified atom stereocenters. The van der Waals surface area contributed by atoms with Crippen molar-refractivity contribution in [3.8, 4) is 0 Å². The Bertz CT molecular complexity index is 140. The van der Waals surface area contributed by atoms with Gasteiger partial charge in [0.15, 0.2) is 0 Å². The molecule has 1 aliphatic heterocycles. The van der Waals surface area contributed by atoms with Crippen molar-refractivity contribution in [2.24, 2.45) is 0 Å². The lowest BCUT2D eigenvalue weighted by Gasteiger charge is -2.12. The van der Waals surface area contributed by atoms with Crippen LogP contribution in [0.1, 0.15) is 13.3 Å². The molecule has 0 spiro atoms. The van der Waals surface area contributed by atoms with Crippen molar-refractivity contribution < 1.29 is 4.79 Å². The van der Waals surface area contributed by atoms with E-state index in [1.807, 2.05) is 0 Å². The smallest absolute Gasteiger partial charge is 0.219 e. The molecule has 0 radical (unpaired) electrons. The van der Waals surface area contributed by atoms with Gasteiger partial charge in [-0.2, -0.15) is 0 Å². The fourth-order valence-corrected chi connectivity index (χ4v) is 1.31. The zero-order chi connectivity index (χ0) is 7.56. The lowest BCUT2D eigenvalue weighted by molar-refractivity contribution is -0.127. The molecule has 0 aromatic heterocycles. The Morgan fingerprint density at radius 3 is 2.80 bits per heavy atom. The summed E-state index contributed by atoms with van der Waals surface area (Å²) in [4.78, 5) is 15.2. The number of halogens is 1. The minimum absolute atomic E-state index is 0.134. The summed E-state index contributed by atoms with van der Waals surface area (Å²) in [6.07, 6.45) is 0.961. The van der Waals surface area contributed by atoms with Gasteiger partial charge in [-0.15, -0.1) is 0 Å². The summed E-state index contributed by atoms with van der Waals surface area (Å²) in [6, 6.07) is 0.283. The molecule has 58 valence electrons. The van der Waals surface area contributed by atoms with E-state index in [0.29, 0.717) is 0 Å². The number of carbonyl (C=O) groups is 1. The van der Waals surface area contributed by atoms with Gasteiger partial charge in [-0.25, -0.2) is 4.84 Å². The summed E-state index contributed by atoms with van der Waals surface area (Å²) < 4.78 is 0. The van der Waals surface area contributed by atoms with Crippen molar-refractivity contribution in [1.29, 1.82) is 0 Å². The standard InChI is InChI=1S/C6H11ClN2O/c1-5(10)9-3-2-6(4-9)8-7/h6,8H,2-4H2,1H3/t6-/m1/s1. The van der Waals surface area contributed by atoms with Gasteiger partial charge in [0, 0.05) is 26.1 Å². The van der Waals surface area contributed by atoms with Gasteiger partial charge in [-0.05, 0) is 18.2 Å². The summed E-state index contributed by atoms with van der Waals surface area (Å²) in [5, 5.41) is 0. The SMILES string of the molecule is CC(=O)N1CC[C@@H](NCl)C1. The summed E-state index contributed by atoms with van der Waals surface area (Å²) in [7, 11) is 0. The Balaban J connectivity index is 2.35. The fourth-order valence-electron chi connectivity index (χ4n) is 1.14. The van der Waals surface area contributed by atoms with Crippen molar-refractivity contribution in [3.05, 3.63) is 0 Å². The Morgan fingerprint density at radius 1 is 1.80 bits per heavy atom. The van der Waals surface area contributed by atoms with Gasteiger partial charge >= 0.3 is 0 Å². The number of amides is 1. The van der Waals surface area contributed by atoms with Crippen LogP contribution in [0.2, 0.25) is 0 Å². The Labute approximate surface area is 65.4 Å². The third-order valence-corrected chi connectivity index (χ3v) is 2.10. The zero-order valence-electron chi connectivity index (χ0n) is 5.93. The first-order chi connectivity index (χ1) is 4.74. The first kappa shape index (κ1) is 7.82. The molecule has 1 N–H and O–H groups in total. The summed E-state index contributed by atoms with van der Waals surface area (Å²) in [5.41, 5.74) is 0. The average Bonchev–Trinajstić information content (AvgIpc) is 2.34. The summed E-state index contributed by atoms with van der Waals surface area (Å²) in [5.74, 6) is 0.134. The molecule has 0 aromatic rings. The third kappa shape index (κ3) is 1.61. The van der Waals surface area contributed by atoms with Gasteiger partial charge in [0.2, 0.25) is 5.91 Å². The highest BCUT2D eigenvalue weighted by atomic mass is 35.5. The number of likely N-dealkylation sites (tertiary alicyclic amines) is 1. The second kappa shape index (κ2) is 3.21. The molecule has 10 heavy (non-hydrogen) atoms. The molecule has 1 fully saturated rings. The van der Waals surface area contributed by atoms with Crippen LogP contribution in [0.4, 0.5) is 0 Å². The van der Waals surface area contributed by atoms with Crippen LogP contribution in [0, 0.1) is 0 Å². The molecule has 1 saturated heterocycles. The molecule has 1 amide bonds. The van der Waals surface area contributed by atoms with Gasteiger partial charge in [0.25, 0.3) is 0 Å². The van der Waals surface area contributed by atoms with Crippen molar-refractivity contribution >= 4 is 17.7 Å². The minimum atomic E-state index is 0.134. The molecule has 1 rings (SSSR count). The molecule has 1 aliphatic rings. The van der Waals surface area contributed by atoms with E-state index >= 15 is 0 Å². The fraction of sp³-hybridized carbons (Fsp3) is 0.833. The van der Waals surface area contributed by atoms with Crippen LogP contribution in [0.3, 0.4) is 0 Å². The second-order valence-corrected chi connectivity index (χ2v) is 2.78. The molecular weight excluding hydrogens is 152 g/mol. The number of hydrogen-bond donors (Lipinski definition) is 1. The highest BCUT2D eigenvalue weighted by Crippen LogP contribution is 2.08. The Kier molecular flexibility index (Phi) is 2.51. The molecule has 0 saturated carbocycles. The van der Waals surface area contributed by atoms with E-state index in [2.05, 4.69) is 4.84 Å². The van der Waals surface area contributed by atoms with E-state index in [1.54, 1.807) is 11.8 Å².